The van der Waals surface area contributed by atoms with Crippen molar-refractivity contribution in [3.8, 4) is 0 Å². The lowest BCUT2D eigenvalue weighted by molar-refractivity contribution is 0.0929. The standard InChI is InChI=1S/C13H17NO/c1-8-4-5-9-10(6-8)13(2,3)7-11(14)12(9)15/h4-6,11H,7,14H2,1-3H3. The molecule has 15 heavy (non-hydrogen) atoms. The molecule has 1 aliphatic carbocycles. The van der Waals surface area contributed by atoms with Crippen LogP contribution in [0, 0.1) is 6.92 Å². The first-order chi connectivity index (χ1) is 6.92. The summed E-state index contributed by atoms with van der Waals surface area (Å²) in [6.07, 6.45) is 0.738. The highest BCUT2D eigenvalue weighted by Gasteiger charge is 2.36. The van der Waals surface area contributed by atoms with E-state index in [9.17, 15) is 4.79 Å². The molecule has 0 amide bonds. The minimum Gasteiger partial charge on any atom is -0.321 e. The van der Waals surface area contributed by atoms with Crippen LogP contribution in [0.2, 0.25) is 0 Å². The van der Waals surface area contributed by atoms with Crippen LogP contribution in [-0.4, -0.2) is 11.8 Å². The third-order valence-electron chi connectivity index (χ3n) is 3.24. The summed E-state index contributed by atoms with van der Waals surface area (Å²) in [5.41, 5.74) is 9.02. The fourth-order valence-corrected chi connectivity index (χ4v) is 2.39. The van der Waals surface area contributed by atoms with Crippen molar-refractivity contribution in [2.75, 3.05) is 0 Å². The predicted octanol–water partition coefficient (Wildman–Crippen LogP) is 2.19. The normalized spacial score (nSPS) is 23.7. The maximum Gasteiger partial charge on any atom is 0.179 e. The van der Waals surface area contributed by atoms with Crippen molar-refractivity contribution >= 4 is 5.78 Å². The quantitative estimate of drug-likeness (QED) is 0.702. The van der Waals surface area contributed by atoms with Crippen LogP contribution >= 0.6 is 0 Å². The fraction of sp³-hybridized carbons (Fsp3) is 0.462. The third kappa shape index (κ3) is 1.59. The number of aryl methyl sites for hydroxylation is 1. The number of carbonyl (C=O) groups excluding carboxylic acids is 1. The van der Waals surface area contributed by atoms with Gasteiger partial charge < -0.3 is 5.73 Å². The van der Waals surface area contributed by atoms with E-state index in [0.29, 0.717) is 0 Å². The summed E-state index contributed by atoms with van der Waals surface area (Å²) in [7, 11) is 0. The first-order valence-corrected chi connectivity index (χ1v) is 5.33. The Kier molecular flexibility index (Phi) is 2.19. The fourth-order valence-electron chi connectivity index (χ4n) is 2.39. The number of benzene rings is 1. The Morgan fingerprint density at radius 1 is 1.40 bits per heavy atom. The molecule has 2 nitrogen and oxygen atoms in total. The average molecular weight is 203 g/mol. The second-order valence-electron chi connectivity index (χ2n) is 5.11. The minimum absolute atomic E-state index is 0.00861. The van der Waals surface area contributed by atoms with E-state index >= 15 is 0 Å². The largest absolute Gasteiger partial charge is 0.321 e. The predicted molar refractivity (Wildman–Crippen MR) is 61.1 cm³/mol. The van der Waals surface area contributed by atoms with E-state index in [2.05, 4.69) is 26.8 Å². The highest BCUT2D eigenvalue weighted by Crippen LogP contribution is 2.36. The summed E-state index contributed by atoms with van der Waals surface area (Å²) in [6, 6.07) is 5.66. The second kappa shape index (κ2) is 3.17. The SMILES string of the molecule is Cc1ccc2c(c1)C(C)(C)CC(N)C2=O. The van der Waals surface area contributed by atoms with Gasteiger partial charge in [-0.05, 0) is 24.3 Å². The van der Waals surface area contributed by atoms with Gasteiger partial charge in [0.25, 0.3) is 0 Å². The van der Waals surface area contributed by atoms with Crippen LogP contribution in [0.3, 0.4) is 0 Å². The number of fused-ring (bicyclic) bond motifs is 1. The molecule has 1 unspecified atom stereocenters. The van der Waals surface area contributed by atoms with Gasteiger partial charge in [-0.1, -0.05) is 37.6 Å². The zero-order valence-electron chi connectivity index (χ0n) is 9.50. The number of carbonyl (C=O) groups is 1. The van der Waals surface area contributed by atoms with Crippen molar-refractivity contribution in [1.29, 1.82) is 0 Å². The molecule has 0 saturated heterocycles. The second-order valence-corrected chi connectivity index (χ2v) is 5.11. The molecule has 1 aromatic rings. The molecule has 0 aliphatic heterocycles. The van der Waals surface area contributed by atoms with Crippen LogP contribution < -0.4 is 5.73 Å². The smallest absolute Gasteiger partial charge is 0.179 e. The van der Waals surface area contributed by atoms with E-state index < -0.39 is 0 Å². The molecule has 1 aliphatic rings. The number of ketones is 1. The molecule has 1 atom stereocenters. The van der Waals surface area contributed by atoms with Crippen LogP contribution in [-0.2, 0) is 5.41 Å². The number of hydrogen-bond acceptors (Lipinski definition) is 2. The molecule has 0 fully saturated rings. The van der Waals surface area contributed by atoms with E-state index in [1.165, 1.54) is 5.56 Å². The summed E-state index contributed by atoms with van der Waals surface area (Å²) in [5, 5.41) is 0. The molecule has 0 spiro atoms. The highest BCUT2D eigenvalue weighted by atomic mass is 16.1. The van der Waals surface area contributed by atoms with E-state index in [4.69, 9.17) is 5.73 Å². The van der Waals surface area contributed by atoms with Crippen molar-refractivity contribution in [3.63, 3.8) is 0 Å². The van der Waals surface area contributed by atoms with Crippen LogP contribution in [0.1, 0.15) is 41.8 Å². The van der Waals surface area contributed by atoms with Crippen molar-refractivity contribution in [2.24, 2.45) is 5.73 Å². The van der Waals surface area contributed by atoms with Crippen LogP contribution in [0.4, 0.5) is 0 Å². The van der Waals surface area contributed by atoms with Crippen molar-refractivity contribution in [1.82, 2.24) is 0 Å². The molecule has 0 saturated carbocycles. The van der Waals surface area contributed by atoms with Crippen molar-refractivity contribution in [2.45, 2.75) is 38.6 Å². The van der Waals surface area contributed by atoms with Gasteiger partial charge in [0.15, 0.2) is 5.78 Å². The lowest BCUT2D eigenvalue weighted by atomic mass is 9.70. The van der Waals surface area contributed by atoms with Crippen LogP contribution in [0.25, 0.3) is 0 Å². The van der Waals surface area contributed by atoms with Crippen LogP contribution in [0.5, 0.6) is 0 Å². The molecule has 2 rings (SSSR count). The molecular weight excluding hydrogens is 186 g/mol. The summed E-state index contributed by atoms with van der Waals surface area (Å²) >= 11 is 0. The molecule has 0 heterocycles. The molecule has 1 aromatic carbocycles. The van der Waals surface area contributed by atoms with E-state index in [1.54, 1.807) is 0 Å². The van der Waals surface area contributed by atoms with Gasteiger partial charge in [0.05, 0.1) is 6.04 Å². The van der Waals surface area contributed by atoms with Gasteiger partial charge in [-0.15, -0.1) is 0 Å². The van der Waals surface area contributed by atoms with Gasteiger partial charge in [-0.25, -0.2) is 0 Å². The monoisotopic (exact) mass is 203 g/mol. The topological polar surface area (TPSA) is 43.1 Å². The number of nitrogens with two attached hydrogens (primary N) is 1. The van der Waals surface area contributed by atoms with E-state index in [-0.39, 0.29) is 17.2 Å². The molecule has 2 heteroatoms. The molecular formula is C13H17NO. The molecule has 80 valence electrons. The van der Waals surface area contributed by atoms with Gasteiger partial charge >= 0.3 is 0 Å². The van der Waals surface area contributed by atoms with Gasteiger partial charge in [-0.2, -0.15) is 0 Å². The third-order valence-corrected chi connectivity index (χ3v) is 3.24. The van der Waals surface area contributed by atoms with E-state index in [0.717, 1.165) is 17.5 Å². The Labute approximate surface area is 90.5 Å². The molecule has 0 radical (unpaired) electrons. The Balaban J connectivity index is 2.64. The Hall–Kier alpha value is -1.15. The molecule has 2 N–H and O–H groups in total. The average Bonchev–Trinajstić information content (AvgIpc) is 2.14. The van der Waals surface area contributed by atoms with E-state index in [1.807, 2.05) is 12.1 Å². The summed E-state index contributed by atoms with van der Waals surface area (Å²) < 4.78 is 0. The lowest BCUT2D eigenvalue weighted by Gasteiger charge is -2.35. The van der Waals surface area contributed by atoms with Crippen LogP contribution in [0.15, 0.2) is 18.2 Å². The summed E-state index contributed by atoms with van der Waals surface area (Å²) in [6.45, 7) is 6.35. The Bertz CT molecular complexity index is 421. The Morgan fingerprint density at radius 2 is 2.07 bits per heavy atom. The maximum absolute atomic E-state index is 11.9. The number of hydrogen-bond donors (Lipinski definition) is 1. The van der Waals surface area contributed by atoms with Gasteiger partial charge in [0.2, 0.25) is 0 Å². The summed E-state index contributed by atoms with van der Waals surface area (Å²) in [5.74, 6) is 0.0873. The lowest BCUT2D eigenvalue weighted by Crippen LogP contribution is -2.42. The van der Waals surface area contributed by atoms with Gasteiger partial charge in [-0.3, -0.25) is 4.79 Å². The number of Topliss-reactive ketones (excluding diaryl/α,β-unsaturated/α-hetero) is 1. The molecule has 0 aromatic heterocycles. The highest BCUT2D eigenvalue weighted by molar-refractivity contribution is 6.02. The number of rotatable bonds is 0. The van der Waals surface area contributed by atoms with Gasteiger partial charge in [0.1, 0.15) is 0 Å². The van der Waals surface area contributed by atoms with Crippen molar-refractivity contribution in [3.05, 3.63) is 34.9 Å². The molecule has 0 bridgehead atoms. The summed E-state index contributed by atoms with van der Waals surface area (Å²) in [4.78, 5) is 11.9. The zero-order valence-corrected chi connectivity index (χ0v) is 9.50. The maximum atomic E-state index is 11.9. The zero-order chi connectivity index (χ0) is 11.2. The van der Waals surface area contributed by atoms with Crippen molar-refractivity contribution < 1.29 is 4.79 Å². The minimum atomic E-state index is -0.338. The van der Waals surface area contributed by atoms with Gasteiger partial charge in [0, 0.05) is 5.56 Å². The first kappa shape index (κ1) is 10.4. The Morgan fingerprint density at radius 3 is 2.73 bits per heavy atom. The first-order valence-electron chi connectivity index (χ1n) is 5.33.